The average Bonchev–Trinajstić information content (AvgIpc) is 2.12. The summed E-state index contributed by atoms with van der Waals surface area (Å²) in [6.45, 7) is 3.80. The van der Waals surface area contributed by atoms with Crippen molar-refractivity contribution in [3.8, 4) is 0 Å². The molecule has 6 nitrogen and oxygen atoms in total. The highest BCUT2D eigenvalue weighted by Gasteiger charge is 2.11. The lowest BCUT2D eigenvalue weighted by Gasteiger charge is -2.09. The fourth-order valence-electron chi connectivity index (χ4n) is 1.09. The molecule has 15 heavy (non-hydrogen) atoms. The van der Waals surface area contributed by atoms with Gasteiger partial charge in [0.15, 0.2) is 0 Å². The molecule has 1 aromatic rings. The second kappa shape index (κ2) is 4.70. The Bertz CT molecular complexity index is 347. The van der Waals surface area contributed by atoms with Gasteiger partial charge in [0.25, 0.3) is 0 Å². The number of carboxylic acids is 1. The Labute approximate surface area is 87.5 Å². The Morgan fingerprint density at radius 2 is 2.07 bits per heavy atom. The van der Waals surface area contributed by atoms with Gasteiger partial charge in [0.2, 0.25) is 5.95 Å². The van der Waals surface area contributed by atoms with Crippen LogP contribution < -0.4 is 11.1 Å². The van der Waals surface area contributed by atoms with Crippen molar-refractivity contribution >= 4 is 11.9 Å². The number of aryl methyl sites for hydroxylation is 2. The number of nitrogens with two attached hydrogens (primary N) is 1. The lowest BCUT2D eigenvalue weighted by molar-refractivity contribution is -0.138. The van der Waals surface area contributed by atoms with E-state index in [1.165, 1.54) is 0 Å². The maximum Gasteiger partial charge on any atom is 0.322 e. The number of nitrogens with one attached hydrogen (secondary N) is 1. The van der Waals surface area contributed by atoms with E-state index in [9.17, 15) is 4.79 Å². The highest BCUT2D eigenvalue weighted by molar-refractivity contribution is 5.73. The van der Waals surface area contributed by atoms with Gasteiger partial charge in [-0.05, 0) is 19.9 Å². The molecule has 0 radical (unpaired) electrons. The smallest absolute Gasteiger partial charge is 0.322 e. The summed E-state index contributed by atoms with van der Waals surface area (Å²) in [5.74, 6) is -0.643. The van der Waals surface area contributed by atoms with Gasteiger partial charge in [-0.3, -0.25) is 4.79 Å². The normalized spacial score (nSPS) is 12.2. The first-order valence-electron chi connectivity index (χ1n) is 4.53. The Balaban J connectivity index is 2.61. The Morgan fingerprint density at radius 3 is 2.53 bits per heavy atom. The van der Waals surface area contributed by atoms with Gasteiger partial charge in [0.05, 0.1) is 0 Å². The average molecular weight is 210 g/mol. The second-order valence-electron chi connectivity index (χ2n) is 3.30. The molecule has 0 aliphatic heterocycles. The first kappa shape index (κ1) is 11.4. The molecule has 0 aromatic carbocycles. The Hall–Kier alpha value is -1.69. The van der Waals surface area contributed by atoms with Crippen LogP contribution in [0.25, 0.3) is 0 Å². The van der Waals surface area contributed by atoms with E-state index >= 15 is 0 Å². The molecule has 0 spiro atoms. The standard InChI is InChI=1S/C9H14N4O2/c1-5-3-6(2)13-9(12-5)11-4-7(10)8(14)15/h3,7H,4,10H2,1-2H3,(H,14,15)(H,11,12,13). The summed E-state index contributed by atoms with van der Waals surface area (Å²) < 4.78 is 0. The molecule has 1 rings (SSSR count). The van der Waals surface area contributed by atoms with E-state index in [2.05, 4.69) is 15.3 Å². The first-order valence-corrected chi connectivity index (χ1v) is 4.53. The first-order chi connectivity index (χ1) is 6.99. The molecular weight excluding hydrogens is 196 g/mol. The number of aromatic nitrogens is 2. The maximum atomic E-state index is 10.4. The van der Waals surface area contributed by atoms with E-state index in [1.807, 2.05) is 19.9 Å². The third-order valence-electron chi connectivity index (χ3n) is 1.78. The van der Waals surface area contributed by atoms with E-state index in [1.54, 1.807) is 0 Å². The number of aliphatic carboxylic acids is 1. The van der Waals surface area contributed by atoms with Crippen LogP contribution in [0.2, 0.25) is 0 Å². The van der Waals surface area contributed by atoms with Crippen LogP contribution in [-0.2, 0) is 4.79 Å². The van der Waals surface area contributed by atoms with E-state index in [0.29, 0.717) is 5.95 Å². The van der Waals surface area contributed by atoms with Crippen LogP contribution >= 0.6 is 0 Å². The van der Waals surface area contributed by atoms with E-state index in [-0.39, 0.29) is 6.54 Å². The monoisotopic (exact) mass is 210 g/mol. The number of rotatable bonds is 4. The Kier molecular flexibility index (Phi) is 3.56. The maximum absolute atomic E-state index is 10.4. The molecule has 0 bridgehead atoms. The quantitative estimate of drug-likeness (QED) is 0.642. The van der Waals surface area contributed by atoms with Gasteiger partial charge in [-0.15, -0.1) is 0 Å². The van der Waals surface area contributed by atoms with Gasteiger partial charge in [0, 0.05) is 17.9 Å². The highest BCUT2D eigenvalue weighted by Crippen LogP contribution is 2.03. The number of anilines is 1. The predicted molar refractivity (Wildman–Crippen MR) is 55.6 cm³/mol. The molecule has 1 heterocycles. The van der Waals surface area contributed by atoms with Crippen molar-refractivity contribution in [2.75, 3.05) is 11.9 Å². The topological polar surface area (TPSA) is 101 Å². The van der Waals surface area contributed by atoms with Crippen molar-refractivity contribution in [2.45, 2.75) is 19.9 Å². The van der Waals surface area contributed by atoms with Gasteiger partial charge in [-0.2, -0.15) is 0 Å². The van der Waals surface area contributed by atoms with Gasteiger partial charge in [-0.1, -0.05) is 0 Å². The fraction of sp³-hybridized carbons (Fsp3) is 0.444. The highest BCUT2D eigenvalue weighted by atomic mass is 16.4. The van der Waals surface area contributed by atoms with Crippen LogP contribution in [-0.4, -0.2) is 33.6 Å². The number of carbonyl (C=O) groups is 1. The molecule has 0 saturated carbocycles. The van der Waals surface area contributed by atoms with Crippen LogP contribution in [0.4, 0.5) is 5.95 Å². The summed E-state index contributed by atoms with van der Waals surface area (Å²) in [5.41, 5.74) is 6.98. The van der Waals surface area contributed by atoms with Crippen LogP contribution in [0.1, 0.15) is 11.4 Å². The third-order valence-corrected chi connectivity index (χ3v) is 1.78. The summed E-state index contributed by atoms with van der Waals surface area (Å²) in [6, 6.07) is 0.886. The Morgan fingerprint density at radius 1 is 1.53 bits per heavy atom. The molecule has 6 heteroatoms. The molecule has 1 unspecified atom stereocenters. The SMILES string of the molecule is Cc1cc(C)nc(NCC(N)C(=O)O)n1. The van der Waals surface area contributed by atoms with Crippen molar-refractivity contribution in [1.29, 1.82) is 0 Å². The molecule has 1 atom stereocenters. The molecule has 0 aliphatic rings. The van der Waals surface area contributed by atoms with Crippen molar-refractivity contribution < 1.29 is 9.90 Å². The van der Waals surface area contributed by atoms with Crippen molar-refractivity contribution in [3.63, 3.8) is 0 Å². The zero-order chi connectivity index (χ0) is 11.4. The van der Waals surface area contributed by atoms with Gasteiger partial charge < -0.3 is 16.2 Å². The zero-order valence-electron chi connectivity index (χ0n) is 8.69. The number of nitrogens with zero attached hydrogens (tertiary/aromatic N) is 2. The zero-order valence-corrected chi connectivity index (χ0v) is 8.69. The van der Waals surface area contributed by atoms with Crippen LogP contribution in [0.15, 0.2) is 6.07 Å². The third kappa shape index (κ3) is 3.51. The summed E-state index contributed by atoms with van der Waals surface area (Å²) in [5, 5.41) is 11.3. The second-order valence-corrected chi connectivity index (χ2v) is 3.30. The fourth-order valence-corrected chi connectivity index (χ4v) is 1.09. The summed E-state index contributed by atoms with van der Waals surface area (Å²) in [6.07, 6.45) is 0. The van der Waals surface area contributed by atoms with Crippen molar-refractivity contribution in [1.82, 2.24) is 9.97 Å². The number of carboxylic acid groups (broad SMARTS) is 1. The molecule has 1 aromatic heterocycles. The molecular formula is C9H14N4O2. The minimum Gasteiger partial charge on any atom is -0.480 e. The molecule has 0 saturated heterocycles. The van der Waals surface area contributed by atoms with Crippen LogP contribution in [0.3, 0.4) is 0 Å². The van der Waals surface area contributed by atoms with Crippen LogP contribution in [0.5, 0.6) is 0 Å². The van der Waals surface area contributed by atoms with E-state index in [4.69, 9.17) is 10.8 Å². The van der Waals surface area contributed by atoms with Gasteiger partial charge in [0.1, 0.15) is 6.04 Å². The van der Waals surface area contributed by atoms with E-state index < -0.39 is 12.0 Å². The number of hydrogen-bond acceptors (Lipinski definition) is 5. The molecule has 0 aliphatic carbocycles. The lowest BCUT2D eigenvalue weighted by atomic mass is 10.3. The van der Waals surface area contributed by atoms with E-state index in [0.717, 1.165) is 11.4 Å². The molecule has 4 N–H and O–H groups in total. The predicted octanol–water partition coefficient (Wildman–Crippen LogP) is -0.0828. The van der Waals surface area contributed by atoms with Crippen molar-refractivity contribution in [3.05, 3.63) is 17.5 Å². The molecule has 0 fully saturated rings. The molecule has 0 amide bonds. The van der Waals surface area contributed by atoms with Crippen molar-refractivity contribution in [2.24, 2.45) is 5.73 Å². The summed E-state index contributed by atoms with van der Waals surface area (Å²) >= 11 is 0. The lowest BCUT2D eigenvalue weighted by Crippen LogP contribution is -2.37. The molecule has 82 valence electrons. The van der Waals surface area contributed by atoms with Crippen LogP contribution in [0, 0.1) is 13.8 Å². The van der Waals surface area contributed by atoms with Gasteiger partial charge >= 0.3 is 5.97 Å². The summed E-state index contributed by atoms with van der Waals surface area (Å²) in [4.78, 5) is 18.6. The van der Waals surface area contributed by atoms with Gasteiger partial charge in [-0.25, -0.2) is 9.97 Å². The summed E-state index contributed by atoms with van der Waals surface area (Å²) in [7, 11) is 0. The largest absolute Gasteiger partial charge is 0.480 e. The minimum absolute atomic E-state index is 0.109. The minimum atomic E-state index is -1.05. The number of hydrogen-bond donors (Lipinski definition) is 3.